The van der Waals surface area contributed by atoms with Crippen molar-refractivity contribution < 1.29 is 9.18 Å². The van der Waals surface area contributed by atoms with E-state index in [1.807, 2.05) is 26.8 Å². The van der Waals surface area contributed by atoms with Crippen molar-refractivity contribution in [3.05, 3.63) is 59.1 Å². The number of rotatable bonds is 3. The zero-order chi connectivity index (χ0) is 16.3. The largest absolute Gasteiger partial charge is 0.307 e. The summed E-state index contributed by atoms with van der Waals surface area (Å²) in [5, 5.41) is 0.402. The third-order valence-corrected chi connectivity index (χ3v) is 3.38. The molecule has 0 spiro atoms. The Morgan fingerprint density at radius 3 is 2.32 bits per heavy atom. The summed E-state index contributed by atoms with van der Waals surface area (Å²) < 4.78 is 13.1. The van der Waals surface area contributed by atoms with Gasteiger partial charge in [-0.25, -0.2) is 9.37 Å². The molecule has 5 heteroatoms. The van der Waals surface area contributed by atoms with Crippen LogP contribution in [0.25, 0.3) is 0 Å². The molecule has 1 amide bonds. The fraction of sp³-hybridized carbons (Fsp3) is 0.294. The maximum Gasteiger partial charge on any atom is 0.232 e. The standard InChI is InChI=1S/C17H18ClFN2O/c1-17(2,3)16(22)21(14-7-5-13(19)6-8-14)11-12-4-9-15(18)20-10-12/h4-10H,11H2,1-3H3. The number of benzene rings is 1. The first-order chi connectivity index (χ1) is 10.3. The van der Waals surface area contributed by atoms with Gasteiger partial charge in [0.05, 0.1) is 6.54 Å². The number of carbonyl (C=O) groups excluding carboxylic acids is 1. The first-order valence-corrected chi connectivity index (χ1v) is 7.33. The van der Waals surface area contributed by atoms with Crippen molar-refractivity contribution in [1.29, 1.82) is 0 Å². The molecular weight excluding hydrogens is 303 g/mol. The molecule has 1 heterocycles. The van der Waals surface area contributed by atoms with Crippen LogP contribution in [0.1, 0.15) is 26.3 Å². The number of halogens is 2. The van der Waals surface area contributed by atoms with Gasteiger partial charge in [0.25, 0.3) is 0 Å². The molecular formula is C17H18ClFN2O. The highest BCUT2D eigenvalue weighted by atomic mass is 35.5. The number of nitrogens with zero attached hydrogens (tertiary/aromatic N) is 2. The zero-order valence-electron chi connectivity index (χ0n) is 12.8. The van der Waals surface area contributed by atoms with Crippen LogP contribution in [-0.4, -0.2) is 10.9 Å². The van der Waals surface area contributed by atoms with Gasteiger partial charge in [-0.15, -0.1) is 0 Å². The van der Waals surface area contributed by atoms with Crippen LogP contribution in [0.3, 0.4) is 0 Å². The molecule has 0 radical (unpaired) electrons. The summed E-state index contributed by atoms with van der Waals surface area (Å²) in [6, 6.07) is 9.39. The van der Waals surface area contributed by atoms with Crippen LogP contribution in [0.2, 0.25) is 5.15 Å². The van der Waals surface area contributed by atoms with Gasteiger partial charge in [0.2, 0.25) is 5.91 Å². The van der Waals surface area contributed by atoms with Crippen LogP contribution >= 0.6 is 11.6 Å². The average Bonchev–Trinajstić information content (AvgIpc) is 2.46. The van der Waals surface area contributed by atoms with Gasteiger partial charge < -0.3 is 4.90 Å². The van der Waals surface area contributed by atoms with Crippen LogP contribution in [0.15, 0.2) is 42.6 Å². The molecule has 0 aliphatic carbocycles. The number of carbonyl (C=O) groups is 1. The molecule has 0 atom stereocenters. The van der Waals surface area contributed by atoms with Gasteiger partial charge in [-0.1, -0.05) is 38.4 Å². The maximum atomic E-state index is 13.1. The lowest BCUT2D eigenvalue weighted by molar-refractivity contribution is -0.125. The first kappa shape index (κ1) is 16.4. The fourth-order valence-corrected chi connectivity index (χ4v) is 2.10. The number of pyridine rings is 1. The lowest BCUT2D eigenvalue weighted by atomic mass is 9.94. The van der Waals surface area contributed by atoms with E-state index in [-0.39, 0.29) is 11.7 Å². The van der Waals surface area contributed by atoms with Crippen LogP contribution in [0.5, 0.6) is 0 Å². The highest BCUT2D eigenvalue weighted by Gasteiger charge is 2.28. The van der Waals surface area contributed by atoms with Crippen LogP contribution in [0.4, 0.5) is 10.1 Å². The summed E-state index contributed by atoms with van der Waals surface area (Å²) in [4.78, 5) is 18.4. The quantitative estimate of drug-likeness (QED) is 0.783. The van der Waals surface area contributed by atoms with E-state index in [9.17, 15) is 9.18 Å². The van der Waals surface area contributed by atoms with E-state index in [2.05, 4.69) is 4.98 Å². The average molecular weight is 321 g/mol. The molecule has 0 bridgehead atoms. The third-order valence-electron chi connectivity index (χ3n) is 3.15. The minimum atomic E-state index is -0.547. The number of anilines is 1. The molecule has 22 heavy (non-hydrogen) atoms. The van der Waals surface area contributed by atoms with Crippen molar-refractivity contribution >= 4 is 23.2 Å². The Morgan fingerprint density at radius 1 is 1.18 bits per heavy atom. The predicted octanol–water partition coefficient (Wildman–Crippen LogP) is 4.45. The number of amides is 1. The topological polar surface area (TPSA) is 33.2 Å². The highest BCUT2D eigenvalue weighted by Crippen LogP contribution is 2.25. The molecule has 0 aliphatic rings. The van der Waals surface area contributed by atoms with Crippen molar-refractivity contribution in [3.8, 4) is 0 Å². The smallest absolute Gasteiger partial charge is 0.232 e. The first-order valence-electron chi connectivity index (χ1n) is 6.95. The SMILES string of the molecule is CC(C)(C)C(=O)N(Cc1ccc(Cl)nc1)c1ccc(F)cc1. The lowest BCUT2D eigenvalue weighted by Crippen LogP contribution is -2.39. The van der Waals surface area contributed by atoms with E-state index in [1.165, 1.54) is 12.1 Å². The molecule has 116 valence electrons. The summed E-state index contributed by atoms with van der Waals surface area (Å²) in [5.74, 6) is -0.380. The van der Waals surface area contributed by atoms with Gasteiger partial charge in [0.15, 0.2) is 0 Å². The Kier molecular flexibility index (Phi) is 4.81. The van der Waals surface area contributed by atoms with Crippen LogP contribution in [0, 0.1) is 11.2 Å². The minimum Gasteiger partial charge on any atom is -0.307 e. The van der Waals surface area contributed by atoms with E-state index in [4.69, 9.17) is 11.6 Å². The fourth-order valence-electron chi connectivity index (χ4n) is 1.99. The molecule has 2 aromatic rings. The van der Waals surface area contributed by atoms with E-state index in [0.717, 1.165) is 5.56 Å². The van der Waals surface area contributed by atoms with Crippen molar-refractivity contribution in [1.82, 2.24) is 4.98 Å². The van der Waals surface area contributed by atoms with Crippen LogP contribution < -0.4 is 4.90 Å². The number of hydrogen-bond acceptors (Lipinski definition) is 2. The van der Waals surface area contributed by atoms with Crippen molar-refractivity contribution in [2.45, 2.75) is 27.3 Å². The van der Waals surface area contributed by atoms with E-state index in [0.29, 0.717) is 17.4 Å². The molecule has 1 aromatic carbocycles. The third kappa shape index (κ3) is 4.04. The molecule has 3 nitrogen and oxygen atoms in total. The summed E-state index contributed by atoms with van der Waals surface area (Å²) in [6.07, 6.45) is 1.63. The van der Waals surface area contributed by atoms with Crippen molar-refractivity contribution in [3.63, 3.8) is 0 Å². The maximum absolute atomic E-state index is 13.1. The van der Waals surface area contributed by atoms with Gasteiger partial charge >= 0.3 is 0 Å². The van der Waals surface area contributed by atoms with Crippen molar-refractivity contribution in [2.75, 3.05) is 4.90 Å². The number of hydrogen-bond donors (Lipinski definition) is 0. The Hall–Kier alpha value is -1.94. The Balaban J connectivity index is 2.35. The highest BCUT2D eigenvalue weighted by molar-refractivity contribution is 6.29. The summed E-state index contributed by atoms with van der Waals surface area (Å²) in [6.45, 7) is 5.91. The lowest BCUT2D eigenvalue weighted by Gasteiger charge is -2.29. The van der Waals surface area contributed by atoms with Gasteiger partial charge in [0.1, 0.15) is 11.0 Å². The molecule has 0 fully saturated rings. The summed E-state index contributed by atoms with van der Waals surface area (Å²) >= 11 is 5.78. The van der Waals surface area contributed by atoms with Gasteiger partial charge in [-0.3, -0.25) is 4.79 Å². The summed E-state index contributed by atoms with van der Waals surface area (Å²) in [5.41, 5.74) is 0.955. The minimum absolute atomic E-state index is 0.0472. The molecule has 0 saturated carbocycles. The summed E-state index contributed by atoms with van der Waals surface area (Å²) in [7, 11) is 0. The molecule has 2 rings (SSSR count). The van der Waals surface area contributed by atoms with E-state index < -0.39 is 5.41 Å². The molecule has 1 aromatic heterocycles. The van der Waals surface area contributed by atoms with Crippen molar-refractivity contribution in [2.24, 2.45) is 5.41 Å². The Bertz CT molecular complexity index is 648. The Labute approximate surface area is 134 Å². The normalized spacial score (nSPS) is 11.3. The second kappa shape index (κ2) is 6.44. The van der Waals surface area contributed by atoms with Gasteiger partial charge in [-0.05, 0) is 35.9 Å². The molecule has 0 saturated heterocycles. The molecule has 0 aliphatic heterocycles. The van der Waals surface area contributed by atoms with Crippen LogP contribution in [-0.2, 0) is 11.3 Å². The molecule has 0 unspecified atom stereocenters. The zero-order valence-corrected chi connectivity index (χ0v) is 13.6. The monoisotopic (exact) mass is 320 g/mol. The molecule has 0 N–H and O–H groups in total. The van der Waals surface area contributed by atoms with Gasteiger partial charge in [0, 0.05) is 17.3 Å². The number of aromatic nitrogens is 1. The Morgan fingerprint density at radius 2 is 1.82 bits per heavy atom. The van der Waals surface area contributed by atoms with E-state index in [1.54, 1.807) is 29.3 Å². The predicted molar refractivity (Wildman–Crippen MR) is 86.3 cm³/mol. The second-order valence-corrected chi connectivity index (χ2v) is 6.49. The van der Waals surface area contributed by atoms with Gasteiger partial charge in [-0.2, -0.15) is 0 Å². The second-order valence-electron chi connectivity index (χ2n) is 6.11. The van der Waals surface area contributed by atoms with E-state index >= 15 is 0 Å².